The van der Waals surface area contributed by atoms with Crippen molar-refractivity contribution in [3.05, 3.63) is 59.7 Å². The van der Waals surface area contributed by atoms with Gasteiger partial charge >= 0.3 is 0 Å². The summed E-state index contributed by atoms with van der Waals surface area (Å²) in [5, 5.41) is 12.6. The molecule has 2 aliphatic heterocycles. The van der Waals surface area contributed by atoms with Gasteiger partial charge < -0.3 is 4.74 Å². The highest BCUT2D eigenvalue weighted by atomic mass is 16.5. The number of benzene rings is 1. The van der Waals surface area contributed by atoms with E-state index >= 15 is 0 Å². The van der Waals surface area contributed by atoms with Gasteiger partial charge in [0.25, 0.3) is 11.8 Å². The van der Waals surface area contributed by atoms with E-state index in [0.717, 1.165) is 58.4 Å². The maximum absolute atomic E-state index is 13.3. The Labute approximate surface area is 246 Å². The summed E-state index contributed by atoms with van der Waals surface area (Å²) in [6.07, 6.45) is 10.0. The smallest absolute Gasteiger partial charge is 0.266 e. The van der Waals surface area contributed by atoms with Crippen LogP contribution >= 0.6 is 0 Å². The molecule has 3 fully saturated rings. The molecular formula is C31H29N7O5. The summed E-state index contributed by atoms with van der Waals surface area (Å²) in [6.45, 7) is 0.398. The molecule has 4 aromatic rings. The molecule has 4 amide bonds. The van der Waals surface area contributed by atoms with E-state index in [1.54, 1.807) is 18.2 Å². The molecular weight excluding hydrogens is 550 g/mol. The number of aromatic nitrogens is 5. The van der Waals surface area contributed by atoms with Crippen LogP contribution in [-0.4, -0.2) is 65.7 Å². The van der Waals surface area contributed by atoms with Crippen LogP contribution in [0.15, 0.2) is 42.9 Å². The molecule has 43 heavy (non-hydrogen) atoms. The number of pyridine rings is 1. The van der Waals surface area contributed by atoms with Crippen molar-refractivity contribution in [2.75, 3.05) is 6.61 Å². The number of carbonyl (C=O) groups excluding carboxylic acids is 4. The number of carbonyl (C=O) groups is 4. The number of nitrogens with one attached hydrogen (secondary N) is 1. The van der Waals surface area contributed by atoms with Gasteiger partial charge in [-0.2, -0.15) is 10.2 Å². The second kappa shape index (κ2) is 9.58. The second-order valence-corrected chi connectivity index (χ2v) is 12.0. The van der Waals surface area contributed by atoms with E-state index in [4.69, 9.17) is 14.8 Å². The zero-order valence-electron chi connectivity index (χ0n) is 23.5. The van der Waals surface area contributed by atoms with E-state index in [1.165, 1.54) is 0 Å². The summed E-state index contributed by atoms with van der Waals surface area (Å²) in [6, 6.07) is 6.25. The Morgan fingerprint density at radius 2 is 1.86 bits per heavy atom. The summed E-state index contributed by atoms with van der Waals surface area (Å²) in [5.41, 5.74) is 4.52. The van der Waals surface area contributed by atoms with Gasteiger partial charge in [0, 0.05) is 42.7 Å². The van der Waals surface area contributed by atoms with Gasteiger partial charge in [0.15, 0.2) is 0 Å². The van der Waals surface area contributed by atoms with Crippen LogP contribution in [0.25, 0.3) is 22.2 Å². The van der Waals surface area contributed by atoms with Gasteiger partial charge in [-0.3, -0.25) is 43.7 Å². The highest BCUT2D eigenvalue weighted by molar-refractivity contribution is 6.24. The van der Waals surface area contributed by atoms with Gasteiger partial charge in [0.2, 0.25) is 11.8 Å². The Kier molecular flexibility index (Phi) is 5.75. The zero-order valence-corrected chi connectivity index (χ0v) is 23.5. The normalized spacial score (nSPS) is 23.5. The second-order valence-electron chi connectivity index (χ2n) is 12.0. The van der Waals surface area contributed by atoms with Gasteiger partial charge in [-0.25, -0.2) is 0 Å². The van der Waals surface area contributed by atoms with E-state index in [2.05, 4.69) is 27.4 Å². The Balaban J connectivity index is 0.956. The third kappa shape index (κ3) is 4.23. The van der Waals surface area contributed by atoms with E-state index in [-0.39, 0.29) is 35.9 Å². The van der Waals surface area contributed by atoms with Crippen LogP contribution in [0.3, 0.4) is 0 Å². The highest BCUT2D eigenvalue weighted by Gasteiger charge is 2.46. The highest BCUT2D eigenvalue weighted by Crippen LogP contribution is 2.46. The molecule has 1 atom stereocenters. The van der Waals surface area contributed by atoms with Crippen molar-refractivity contribution in [1.29, 1.82) is 0 Å². The third-order valence-corrected chi connectivity index (χ3v) is 9.12. The van der Waals surface area contributed by atoms with Crippen molar-refractivity contribution in [3.8, 4) is 17.0 Å². The maximum atomic E-state index is 13.3. The van der Waals surface area contributed by atoms with Gasteiger partial charge in [0.05, 0.1) is 46.9 Å². The molecule has 2 saturated carbocycles. The number of aryl methyl sites for hydroxylation is 1. The van der Waals surface area contributed by atoms with E-state index < -0.39 is 29.7 Å². The fourth-order valence-corrected chi connectivity index (χ4v) is 6.51. The molecule has 1 N–H and O–H groups in total. The van der Waals surface area contributed by atoms with Crippen molar-refractivity contribution >= 4 is 34.5 Å². The summed E-state index contributed by atoms with van der Waals surface area (Å²) in [5.74, 6) is -1.07. The van der Waals surface area contributed by atoms with Crippen LogP contribution in [-0.2, 0) is 16.6 Å². The molecule has 1 aromatic carbocycles. The van der Waals surface area contributed by atoms with Crippen molar-refractivity contribution < 1.29 is 23.9 Å². The molecule has 0 radical (unpaired) electrons. The van der Waals surface area contributed by atoms with Gasteiger partial charge in [-0.05, 0) is 56.2 Å². The lowest BCUT2D eigenvalue weighted by atomic mass is 9.81. The lowest BCUT2D eigenvalue weighted by molar-refractivity contribution is -0.136. The summed E-state index contributed by atoms with van der Waals surface area (Å²) < 4.78 is 10.1. The summed E-state index contributed by atoms with van der Waals surface area (Å²) in [4.78, 5) is 56.1. The predicted molar refractivity (Wildman–Crippen MR) is 152 cm³/mol. The average Bonchev–Trinajstić information content (AvgIpc) is 3.55. The lowest BCUT2D eigenvalue weighted by Crippen LogP contribution is -2.54. The number of amides is 4. The quantitative estimate of drug-likeness (QED) is 0.329. The van der Waals surface area contributed by atoms with Crippen molar-refractivity contribution in [3.63, 3.8) is 0 Å². The Hall–Kier alpha value is -4.87. The molecule has 3 aromatic heterocycles. The number of piperidine rings is 1. The molecule has 1 unspecified atom stereocenters. The number of fused-ring (bicyclic) bond motifs is 2. The number of hydrogen-bond donors (Lipinski definition) is 1. The van der Waals surface area contributed by atoms with Crippen LogP contribution in [0.1, 0.15) is 76.9 Å². The minimum Gasteiger partial charge on any atom is -0.492 e. The van der Waals surface area contributed by atoms with Crippen LogP contribution in [0.4, 0.5) is 0 Å². The molecule has 0 bridgehead atoms. The first kappa shape index (κ1) is 25.8. The fourth-order valence-electron chi connectivity index (χ4n) is 6.51. The molecule has 8 rings (SSSR count). The molecule has 0 spiro atoms. The molecule has 12 heteroatoms. The minimum atomic E-state index is -1.01. The number of rotatable bonds is 7. The summed E-state index contributed by atoms with van der Waals surface area (Å²) >= 11 is 0. The molecule has 12 nitrogen and oxygen atoms in total. The minimum absolute atomic E-state index is 0.0754. The largest absolute Gasteiger partial charge is 0.492 e. The topological polar surface area (TPSA) is 141 Å². The number of hydrogen-bond acceptors (Lipinski definition) is 8. The SMILES string of the molecule is Cn1ncc2cnc(-c3cn([C@H]4C[C@H](COc5cccc6c5C(=O)N(C5CCC(=O)NC5=O)C6=O)C4)nc3C3CC3)cc21. The molecule has 5 heterocycles. The first-order valence-corrected chi connectivity index (χ1v) is 14.7. The van der Waals surface area contributed by atoms with Gasteiger partial charge in [0.1, 0.15) is 11.8 Å². The van der Waals surface area contributed by atoms with E-state index in [1.807, 2.05) is 24.1 Å². The van der Waals surface area contributed by atoms with Gasteiger partial charge in [-0.1, -0.05) is 6.07 Å². The molecule has 1 saturated heterocycles. The third-order valence-electron chi connectivity index (χ3n) is 9.12. The fraction of sp³-hybridized carbons (Fsp3) is 0.387. The first-order valence-electron chi connectivity index (χ1n) is 14.7. The van der Waals surface area contributed by atoms with Crippen LogP contribution < -0.4 is 10.1 Å². The number of ether oxygens (including phenoxy) is 1. The Bertz CT molecular complexity index is 1850. The van der Waals surface area contributed by atoms with Crippen molar-refractivity contribution in [1.82, 2.24) is 34.8 Å². The van der Waals surface area contributed by atoms with E-state index in [0.29, 0.717) is 18.3 Å². The van der Waals surface area contributed by atoms with Crippen LogP contribution in [0.2, 0.25) is 0 Å². The molecule has 2 aliphatic carbocycles. The molecule has 4 aliphatic rings. The monoisotopic (exact) mass is 579 g/mol. The first-order chi connectivity index (χ1) is 20.9. The van der Waals surface area contributed by atoms with E-state index in [9.17, 15) is 19.2 Å². The molecule has 218 valence electrons. The lowest BCUT2D eigenvalue weighted by Gasteiger charge is -2.35. The van der Waals surface area contributed by atoms with Crippen molar-refractivity contribution in [2.24, 2.45) is 13.0 Å². The van der Waals surface area contributed by atoms with Crippen LogP contribution in [0, 0.1) is 5.92 Å². The number of nitrogens with zero attached hydrogens (tertiary/aromatic N) is 6. The Morgan fingerprint density at radius 3 is 2.65 bits per heavy atom. The standard InChI is InChI=1S/C31H29N7O5/c1-36-24-11-22(32-12-18(24)13-33-36)21-14-37(35-28(21)17-5-6-17)19-9-16(10-19)15-43-25-4-2-3-20-27(25)31(42)38(30(20)41)23-7-8-26(39)34-29(23)40/h2-4,11-14,16-17,19,23H,5-10,15H2,1H3,(H,34,39,40)/t16-,19-,23?. The number of imide groups is 2. The van der Waals surface area contributed by atoms with Gasteiger partial charge in [-0.15, -0.1) is 0 Å². The maximum Gasteiger partial charge on any atom is 0.266 e. The predicted octanol–water partition coefficient (Wildman–Crippen LogP) is 3.14. The average molecular weight is 580 g/mol. The Morgan fingerprint density at radius 1 is 1.02 bits per heavy atom. The van der Waals surface area contributed by atoms with Crippen LogP contribution in [0.5, 0.6) is 5.75 Å². The summed E-state index contributed by atoms with van der Waals surface area (Å²) in [7, 11) is 1.93. The van der Waals surface area contributed by atoms with Crippen molar-refractivity contribution in [2.45, 2.75) is 56.5 Å². The zero-order chi connectivity index (χ0) is 29.4.